The molecule has 3 rings (SSSR count). The van der Waals surface area contributed by atoms with Gasteiger partial charge in [0.15, 0.2) is 23.6 Å². The van der Waals surface area contributed by atoms with E-state index in [1.807, 2.05) is 6.07 Å². The first-order chi connectivity index (χ1) is 20.4. The Balaban J connectivity index is 1.89. The van der Waals surface area contributed by atoms with E-state index in [-0.39, 0.29) is 17.9 Å². The Labute approximate surface area is 249 Å². The Morgan fingerprint density at radius 1 is 1.05 bits per heavy atom. The SMILES string of the molecule is COc1ccnc(C(=O)N[C@H]2COC(=O)[C@H](Cc3ccccc3)[C@@H](OC(=O)C(C)C)[C@H](C)OC2=O)c1OC(=O)OC(C)C. The average Bonchev–Trinajstić information content (AvgIpc) is 2.99. The predicted octanol–water partition coefficient (Wildman–Crippen LogP) is 3.03. The van der Waals surface area contributed by atoms with Gasteiger partial charge in [-0.3, -0.25) is 14.4 Å². The Morgan fingerprint density at radius 3 is 2.37 bits per heavy atom. The molecule has 1 aromatic heterocycles. The lowest BCUT2D eigenvalue weighted by Gasteiger charge is -2.29. The van der Waals surface area contributed by atoms with Crippen molar-refractivity contribution in [3.8, 4) is 11.5 Å². The number of rotatable bonds is 9. The molecule has 1 aromatic carbocycles. The fourth-order valence-corrected chi connectivity index (χ4v) is 4.13. The van der Waals surface area contributed by atoms with Crippen LogP contribution in [0.1, 0.15) is 50.7 Å². The topological polar surface area (TPSA) is 166 Å². The normalized spacial score (nSPS) is 20.6. The second-order valence-corrected chi connectivity index (χ2v) is 10.4. The number of cyclic esters (lactones) is 2. The number of methoxy groups -OCH3 is 1. The Kier molecular flexibility index (Phi) is 11.4. The van der Waals surface area contributed by atoms with Crippen molar-refractivity contribution in [2.45, 2.75) is 65.4 Å². The van der Waals surface area contributed by atoms with E-state index in [9.17, 15) is 24.0 Å². The molecule has 1 amide bonds. The van der Waals surface area contributed by atoms with Gasteiger partial charge in [-0.25, -0.2) is 14.6 Å². The molecule has 1 aliphatic heterocycles. The summed E-state index contributed by atoms with van der Waals surface area (Å²) < 4.78 is 32.1. The minimum absolute atomic E-state index is 0.00323. The number of aromatic nitrogens is 1. The van der Waals surface area contributed by atoms with Crippen molar-refractivity contribution in [2.24, 2.45) is 11.8 Å². The van der Waals surface area contributed by atoms with Gasteiger partial charge < -0.3 is 33.7 Å². The van der Waals surface area contributed by atoms with Crippen molar-refractivity contribution in [2.75, 3.05) is 13.7 Å². The van der Waals surface area contributed by atoms with Crippen molar-refractivity contribution in [3.63, 3.8) is 0 Å². The molecule has 13 nitrogen and oxygen atoms in total. The second-order valence-electron chi connectivity index (χ2n) is 10.4. The van der Waals surface area contributed by atoms with Gasteiger partial charge >= 0.3 is 24.1 Å². The summed E-state index contributed by atoms with van der Waals surface area (Å²) in [5.41, 5.74) is 0.364. The summed E-state index contributed by atoms with van der Waals surface area (Å²) in [5.74, 6) is -5.14. The van der Waals surface area contributed by atoms with Crippen LogP contribution in [0.2, 0.25) is 0 Å². The number of hydrogen-bond donors (Lipinski definition) is 1. The first kappa shape index (κ1) is 32.8. The molecule has 0 unspecified atom stereocenters. The van der Waals surface area contributed by atoms with E-state index >= 15 is 0 Å². The molecule has 0 bridgehead atoms. The summed E-state index contributed by atoms with van der Waals surface area (Å²) in [5, 5.41) is 2.42. The molecule has 2 aromatic rings. The highest BCUT2D eigenvalue weighted by molar-refractivity contribution is 5.98. The molecule has 0 aliphatic carbocycles. The van der Waals surface area contributed by atoms with Gasteiger partial charge in [0, 0.05) is 12.3 Å². The molecule has 13 heteroatoms. The number of esters is 3. The van der Waals surface area contributed by atoms with Crippen molar-refractivity contribution in [1.82, 2.24) is 10.3 Å². The van der Waals surface area contributed by atoms with E-state index < -0.39 is 78.5 Å². The minimum atomic E-state index is -1.49. The number of ether oxygens (including phenoxy) is 6. The zero-order valence-electron chi connectivity index (χ0n) is 24.9. The lowest BCUT2D eigenvalue weighted by Crippen LogP contribution is -2.47. The number of nitrogens with one attached hydrogen (secondary N) is 1. The van der Waals surface area contributed by atoms with Crippen molar-refractivity contribution >= 4 is 30.0 Å². The lowest BCUT2D eigenvalue weighted by molar-refractivity contribution is -0.176. The highest BCUT2D eigenvalue weighted by Gasteiger charge is 2.42. The molecule has 1 aliphatic rings. The minimum Gasteiger partial charge on any atom is -0.493 e. The molecule has 2 heterocycles. The fraction of sp³-hybridized carbons (Fsp3) is 0.467. The van der Waals surface area contributed by atoms with E-state index in [2.05, 4.69) is 10.3 Å². The highest BCUT2D eigenvalue weighted by atomic mass is 16.7. The number of amides is 1. The molecule has 0 spiro atoms. The van der Waals surface area contributed by atoms with Gasteiger partial charge in [-0.2, -0.15) is 0 Å². The van der Waals surface area contributed by atoms with Crippen LogP contribution in [0.3, 0.4) is 0 Å². The fourth-order valence-electron chi connectivity index (χ4n) is 4.13. The molecule has 0 saturated carbocycles. The number of carbonyl (C=O) groups is 5. The molecular formula is C30H36N2O11. The van der Waals surface area contributed by atoms with Crippen LogP contribution in [0.5, 0.6) is 11.5 Å². The van der Waals surface area contributed by atoms with Gasteiger partial charge in [0.1, 0.15) is 18.6 Å². The smallest absolute Gasteiger partial charge is 0.493 e. The van der Waals surface area contributed by atoms with E-state index in [0.717, 1.165) is 5.56 Å². The second kappa shape index (κ2) is 15.0. The number of hydrogen-bond acceptors (Lipinski definition) is 12. The summed E-state index contributed by atoms with van der Waals surface area (Å²) in [4.78, 5) is 68.7. The van der Waals surface area contributed by atoms with Crippen molar-refractivity contribution in [3.05, 3.63) is 53.9 Å². The van der Waals surface area contributed by atoms with Crippen LogP contribution in [-0.2, 0) is 39.8 Å². The van der Waals surface area contributed by atoms with E-state index in [1.54, 1.807) is 52.0 Å². The summed E-state index contributed by atoms with van der Waals surface area (Å²) in [6, 6.07) is 8.90. The van der Waals surface area contributed by atoms with Gasteiger partial charge in [-0.1, -0.05) is 44.2 Å². The van der Waals surface area contributed by atoms with Crippen LogP contribution < -0.4 is 14.8 Å². The van der Waals surface area contributed by atoms with Crippen LogP contribution in [0.4, 0.5) is 4.79 Å². The Hall–Kier alpha value is -4.68. The third-order valence-electron chi connectivity index (χ3n) is 6.29. The Morgan fingerprint density at radius 2 is 1.74 bits per heavy atom. The summed E-state index contributed by atoms with van der Waals surface area (Å²) in [6.07, 6.45) is -2.50. The summed E-state index contributed by atoms with van der Waals surface area (Å²) >= 11 is 0. The number of nitrogens with zero attached hydrogens (tertiary/aromatic N) is 1. The maximum atomic E-state index is 13.4. The van der Waals surface area contributed by atoms with Crippen molar-refractivity contribution in [1.29, 1.82) is 0 Å². The highest BCUT2D eigenvalue weighted by Crippen LogP contribution is 2.30. The largest absolute Gasteiger partial charge is 0.514 e. The molecule has 0 radical (unpaired) electrons. The molecule has 232 valence electrons. The quantitative estimate of drug-likeness (QED) is 0.331. The maximum absolute atomic E-state index is 13.4. The van der Waals surface area contributed by atoms with Crippen LogP contribution in [0, 0.1) is 11.8 Å². The third kappa shape index (κ3) is 8.90. The molecule has 1 N–H and O–H groups in total. The lowest BCUT2D eigenvalue weighted by atomic mass is 9.91. The van der Waals surface area contributed by atoms with E-state index in [0.29, 0.717) is 0 Å². The van der Waals surface area contributed by atoms with E-state index in [1.165, 1.54) is 26.3 Å². The van der Waals surface area contributed by atoms with Gasteiger partial charge in [0.05, 0.1) is 19.1 Å². The average molecular weight is 601 g/mol. The van der Waals surface area contributed by atoms with Crippen molar-refractivity contribution < 1.29 is 52.4 Å². The van der Waals surface area contributed by atoms with Crippen LogP contribution in [0.15, 0.2) is 42.6 Å². The number of pyridine rings is 1. The maximum Gasteiger partial charge on any atom is 0.514 e. The molecule has 1 saturated heterocycles. The van der Waals surface area contributed by atoms with Crippen LogP contribution in [-0.4, -0.2) is 73.0 Å². The Bertz CT molecular complexity index is 1310. The third-order valence-corrected chi connectivity index (χ3v) is 6.29. The number of benzene rings is 1. The standard InChI is InChI=1S/C30H36N2O11/c1-16(2)27(34)42-24-18(5)41-29(36)21(15-39-28(35)20(24)14-19-10-8-7-9-11-19)32-26(33)23-25(22(38-6)12-13-31-23)43-30(37)40-17(3)4/h7-13,16-18,20-21,24H,14-15H2,1-6H3,(H,32,33)/t18-,20+,21-,24-/m0/s1. The zero-order chi connectivity index (χ0) is 31.7. The van der Waals surface area contributed by atoms with E-state index in [4.69, 9.17) is 28.4 Å². The predicted molar refractivity (Wildman–Crippen MR) is 149 cm³/mol. The molecular weight excluding hydrogens is 564 g/mol. The van der Waals surface area contributed by atoms with Gasteiger partial charge in [0.2, 0.25) is 5.75 Å². The zero-order valence-corrected chi connectivity index (χ0v) is 24.9. The monoisotopic (exact) mass is 600 g/mol. The van der Waals surface area contributed by atoms with Gasteiger partial charge in [-0.15, -0.1) is 0 Å². The first-order valence-corrected chi connectivity index (χ1v) is 13.7. The van der Waals surface area contributed by atoms with Gasteiger partial charge in [0.25, 0.3) is 5.91 Å². The van der Waals surface area contributed by atoms with Crippen LogP contribution in [0.25, 0.3) is 0 Å². The molecule has 1 fully saturated rings. The number of carbonyl (C=O) groups excluding carboxylic acids is 5. The summed E-state index contributed by atoms with van der Waals surface area (Å²) in [6.45, 7) is 7.39. The first-order valence-electron chi connectivity index (χ1n) is 13.7. The molecule has 43 heavy (non-hydrogen) atoms. The van der Waals surface area contributed by atoms with Crippen LogP contribution >= 0.6 is 0 Å². The molecule has 4 atom stereocenters. The summed E-state index contributed by atoms with van der Waals surface area (Å²) in [7, 11) is 1.29. The van der Waals surface area contributed by atoms with Gasteiger partial charge in [-0.05, 0) is 32.8 Å².